The van der Waals surface area contributed by atoms with Crippen LogP contribution in [0, 0.1) is 0 Å². The van der Waals surface area contributed by atoms with Gasteiger partial charge in [-0.15, -0.1) is 0 Å². The van der Waals surface area contributed by atoms with Crippen LogP contribution >= 0.6 is 0 Å². The van der Waals surface area contributed by atoms with Crippen molar-refractivity contribution in [3.63, 3.8) is 0 Å². The molecule has 0 aliphatic carbocycles. The fraction of sp³-hybridized carbons (Fsp3) is 0.294. The average molecular weight is 350 g/mol. The number of nitrogens with one attached hydrogen (secondary N) is 2. The van der Waals surface area contributed by atoms with Crippen LogP contribution in [0.1, 0.15) is 5.69 Å². The lowest BCUT2D eigenvalue weighted by atomic mass is 10.3. The zero-order chi connectivity index (χ0) is 17.5. The first-order chi connectivity index (χ1) is 12.8. The quantitative estimate of drug-likeness (QED) is 0.562. The van der Waals surface area contributed by atoms with Gasteiger partial charge in [0.2, 0.25) is 5.95 Å². The van der Waals surface area contributed by atoms with E-state index in [0.717, 1.165) is 44.1 Å². The van der Waals surface area contributed by atoms with Crippen molar-refractivity contribution in [2.75, 3.05) is 31.1 Å². The summed E-state index contributed by atoms with van der Waals surface area (Å²) in [7, 11) is 0. The van der Waals surface area contributed by atoms with Crippen LogP contribution in [-0.4, -0.2) is 60.6 Å². The highest BCUT2D eigenvalue weighted by atomic mass is 16.1. The molecule has 1 saturated heterocycles. The lowest BCUT2D eigenvalue weighted by Crippen LogP contribution is -2.47. The molecule has 1 aliphatic rings. The third kappa shape index (κ3) is 2.62. The lowest BCUT2D eigenvalue weighted by molar-refractivity contribution is 0.246. The van der Waals surface area contributed by atoms with Gasteiger partial charge in [-0.1, -0.05) is 6.07 Å². The predicted octanol–water partition coefficient (Wildman–Crippen LogP) is 0.616. The number of aromatic amines is 2. The number of pyridine rings is 1. The van der Waals surface area contributed by atoms with Gasteiger partial charge in [-0.2, -0.15) is 10.1 Å². The first-order valence-electron chi connectivity index (χ1n) is 8.59. The molecule has 9 heteroatoms. The molecular formula is C17H18N8O. The van der Waals surface area contributed by atoms with E-state index in [9.17, 15) is 4.79 Å². The van der Waals surface area contributed by atoms with E-state index in [1.807, 2.05) is 28.8 Å². The van der Waals surface area contributed by atoms with Gasteiger partial charge in [-0.3, -0.25) is 19.8 Å². The van der Waals surface area contributed by atoms with Crippen LogP contribution in [0.5, 0.6) is 0 Å². The van der Waals surface area contributed by atoms with Crippen molar-refractivity contribution in [1.82, 2.24) is 34.4 Å². The third-order valence-electron chi connectivity index (χ3n) is 4.78. The maximum Gasteiger partial charge on any atom is 0.263 e. The summed E-state index contributed by atoms with van der Waals surface area (Å²) in [6, 6.07) is 6.01. The zero-order valence-corrected chi connectivity index (χ0v) is 14.1. The molecule has 1 fully saturated rings. The summed E-state index contributed by atoms with van der Waals surface area (Å²) in [4.78, 5) is 28.5. The van der Waals surface area contributed by atoms with E-state index in [-0.39, 0.29) is 5.56 Å². The summed E-state index contributed by atoms with van der Waals surface area (Å²) >= 11 is 0. The molecule has 5 rings (SSSR count). The standard InChI is InChI=1S/C17H18N8O/c26-16-13-9-18-22-15(13)20-17(21-16)24-7-5-23(6-8-24)10-12-11-25-4-2-1-3-14(25)19-12/h1-4,9,11H,5-8,10H2,(H2,18,20,21,22,26). The Morgan fingerprint density at radius 2 is 2.00 bits per heavy atom. The van der Waals surface area contributed by atoms with Crippen LogP contribution in [0.25, 0.3) is 16.7 Å². The van der Waals surface area contributed by atoms with E-state index in [1.54, 1.807) is 0 Å². The summed E-state index contributed by atoms with van der Waals surface area (Å²) in [6.07, 6.45) is 5.59. The van der Waals surface area contributed by atoms with Crippen LogP contribution < -0.4 is 10.5 Å². The fourth-order valence-corrected chi connectivity index (χ4v) is 3.39. The van der Waals surface area contributed by atoms with Crippen LogP contribution in [0.4, 0.5) is 5.95 Å². The maximum atomic E-state index is 12.1. The Labute approximate surface area is 148 Å². The Balaban J connectivity index is 1.28. The molecule has 0 radical (unpaired) electrons. The highest BCUT2D eigenvalue weighted by Gasteiger charge is 2.20. The number of aromatic nitrogens is 6. The summed E-state index contributed by atoms with van der Waals surface area (Å²) in [5.74, 6) is 0.596. The Hall–Kier alpha value is -3.20. The molecule has 1 aliphatic heterocycles. The predicted molar refractivity (Wildman–Crippen MR) is 97.2 cm³/mol. The Kier molecular flexibility index (Phi) is 3.45. The number of anilines is 1. The van der Waals surface area contributed by atoms with Gasteiger partial charge in [0.05, 0.1) is 11.9 Å². The minimum absolute atomic E-state index is 0.161. The Morgan fingerprint density at radius 3 is 2.85 bits per heavy atom. The zero-order valence-electron chi connectivity index (χ0n) is 14.1. The number of hydrogen-bond donors (Lipinski definition) is 2. The summed E-state index contributed by atoms with van der Waals surface area (Å²) in [5, 5.41) is 7.13. The molecule has 4 aromatic rings. The molecule has 5 heterocycles. The number of fused-ring (bicyclic) bond motifs is 2. The molecule has 26 heavy (non-hydrogen) atoms. The van der Waals surface area contributed by atoms with Gasteiger partial charge in [0.25, 0.3) is 5.56 Å². The van der Waals surface area contributed by atoms with Crippen molar-refractivity contribution >= 4 is 22.6 Å². The normalized spacial score (nSPS) is 15.9. The van der Waals surface area contributed by atoms with E-state index >= 15 is 0 Å². The largest absolute Gasteiger partial charge is 0.340 e. The number of rotatable bonds is 3. The topological polar surface area (TPSA) is 98.2 Å². The number of nitrogens with zero attached hydrogens (tertiary/aromatic N) is 6. The molecule has 9 nitrogen and oxygen atoms in total. The van der Waals surface area contributed by atoms with Gasteiger partial charge in [0, 0.05) is 45.1 Å². The van der Waals surface area contributed by atoms with Crippen molar-refractivity contribution in [2.45, 2.75) is 6.54 Å². The lowest BCUT2D eigenvalue weighted by Gasteiger charge is -2.34. The number of imidazole rings is 1. The molecule has 132 valence electrons. The molecule has 0 aromatic carbocycles. The van der Waals surface area contributed by atoms with Gasteiger partial charge < -0.3 is 9.30 Å². The maximum absolute atomic E-state index is 12.1. The summed E-state index contributed by atoms with van der Waals surface area (Å²) < 4.78 is 2.04. The Morgan fingerprint density at radius 1 is 1.12 bits per heavy atom. The first kappa shape index (κ1) is 15.1. The highest BCUT2D eigenvalue weighted by molar-refractivity contribution is 5.73. The smallest absolute Gasteiger partial charge is 0.263 e. The Bertz CT molecular complexity index is 1090. The third-order valence-corrected chi connectivity index (χ3v) is 4.78. The first-order valence-corrected chi connectivity index (χ1v) is 8.59. The number of H-pyrrole nitrogens is 2. The van der Waals surface area contributed by atoms with E-state index in [0.29, 0.717) is 17.0 Å². The van der Waals surface area contributed by atoms with E-state index in [2.05, 4.69) is 41.1 Å². The summed E-state index contributed by atoms with van der Waals surface area (Å²) in [5.41, 5.74) is 2.40. The SMILES string of the molecule is O=c1[nH]c(N2CCN(Cc3cn4ccccc4n3)CC2)nc2[nH]ncc12. The van der Waals surface area contributed by atoms with Crippen molar-refractivity contribution < 1.29 is 0 Å². The van der Waals surface area contributed by atoms with Gasteiger partial charge in [-0.05, 0) is 12.1 Å². The van der Waals surface area contributed by atoms with E-state index < -0.39 is 0 Å². The second kappa shape index (κ2) is 5.95. The van der Waals surface area contributed by atoms with Gasteiger partial charge in [0.1, 0.15) is 11.0 Å². The van der Waals surface area contributed by atoms with Gasteiger partial charge in [-0.25, -0.2) is 4.98 Å². The molecule has 0 saturated carbocycles. The summed E-state index contributed by atoms with van der Waals surface area (Å²) in [6.45, 7) is 4.20. The fourth-order valence-electron chi connectivity index (χ4n) is 3.39. The second-order valence-electron chi connectivity index (χ2n) is 6.48. The molecule has 0 unspecified atom stereocenters. The van der Waals surface area contributed by atoms with Crippen LogP contribution in [0.3, 0.4) is 0 Å². The van der Waals surface area contributed by atoms with Crippen molar-refractivity contribution in [3.05, 3.63) is 52.8 Å². The van der Waals surface area contributed by atoms with E-state index in [4.69, 9.17) is 0 Å². The number of piperazine rings is 1. The van der Waals surface area contributed by atoms with Gasteiger partial charge >= 0.3 is 0 Å². The molecule has 0 atom stereocenters. The minimum atomic E-state index is -0.161. The van der Waals surface area contributed by atoms with Crippen molar-refractivity contribution in [2.24, 2.45) is 0 Å². The molecule has 2 N–H and O–H groups in total. The molecule has 0 bridgehead atoms. The molecule has 0 spiro atoms. The monoisotopic (exact) mass is 350 g/mol. The average Bonchev–Trinajstić information content (AvgIpc) is 3.28. The van der Waals surface area contributed by atoms with Crippen LogP contribution in [0.15, 0.2) is 41.6 Å². The highest BCUT2D eigenvalue weighted by Crippen LogP contribution is 2.14. The van der Waals surface area contributed by atoms with Crippen molar-refractivity contribution in [3.8, 4) is 0 Å². The second-order valence-corrected chi connectivity index (χ2v) is 6.48. The minimum Gasteiger partial charge on any atom is -0.340 e. The molecular weight excluding hydrogens is 332 g/mol. The van der Waals surface area contributed by atoms with Gasteiger partial charge in [0.15, 0.2) is 5.65 Å². The van der Waals surface area contributed by atoms with E-state index in [1.165, 1.54) is 6.20 Å². The molecule has 0 amide bonds. The molecule has 4 aromatic heterocycles. The van der Waals surface area contributed by atoms with Crippen LogP contribution in [-0.2, 0) is 6.54 Å². The van der Waals surface area contributed by atoms with Crippen LogP contribution in [0.2, 0.25) is 0 Å². The van der Waals surface area contributed by atoms with Crippen molar-refractivity contribution in [1.29, 1.82) is 0 Å². The number of hydrogen-bond acceptors (Lipinski definition) is 6.